The Balaban J connectivity index is 1.98. The number of rotatable bonds is 8. The third kappa shape index (κ3) is 5.48. The lowest BCUT2D eigenvalue weighted by atomic mass is 10.0. The van der Waals surface area contributed by atoms with E-state index in [1.807, 2.05) is 13.8 Å². The molecule has 1 aromatic carbocycles. The van der Waals surface area contributed by atoms with Crippen LogP contribution in [0.25, 0.3) is 10.1 Å². The van der Waals surface area contributed by atoms with Gasteiger partial charge in [0.1, 0.15) is 6.04 Å². The van der Waals surface area contributed by atoms with Crippen LogP contribution in [0.4, 0.5) is 5.69 Å². The lowest BCUT2D eigenvalue weighted by molar-refractivity contribution is -0.384. The summed E-state index contributed by atoms with van der Waals surface area (Å²) in [5.74, 6) is -2.16. The molecule has 9 nitrogen and oxygen atoms in total. The lowest BCUT2D eigenvalue weighted by Crippen LogP contribution is -2.46. The highest BCUT2D eigenvalue weighted by molar-refractivity contribution is 7.20. The number of carboxylic acids is 1. The molecule has 1 heterocycles. The largest absolute Gasteiger partial charge is 0.480 e. The second-order valence-corrected chi connectivity index (χ2v) is 7.44. The van der Waals surface area contributed by atoms with Crippen LogP contribution in [-0.4, -0.2) is 40.4 Å². The third-order valence-electron chi connectivity index (χ3n) is 3.68. The molecule has 144 valence electrons. The van der Waals surface area contributed by atoms with E-state index in [2.05, 4.69) is 10.6 Å². The Labute approximate surface area is 158 Å². The van der Waals surface area contributed by atoms with Crippen LogP contribution >= 0.6 is 11.3 Å². The second-order valence-electron chi connectivity index (χ2n) is 6.36. The van der Waals surface area contributed by atoms with Gasteiger partial charge < -0.3 is 15.7 Å². The highest BCUT2D eigenvalue weighted by Crippen LogP contribution is 2.28. The van der Waals surface area contributed by atoms with Gasteiger partial charge in [0.15, 0.2) is 0 Å². The number of hydrogen-bond donors (Lipinski definition) is 3. The van der Waals surface area contributed by atoms with E-state index in [1.165, 1.54) is 18.2 Å². The van der Waals surface area contributed by atoms with Crippen molar-refractivity contribution in [2.75, 3.05) is 6.54 Å². The Bertz CT molecular complexity index is 892. The Morgan fingerprint density at radius 2 is 1.96 bits per heavy atom. The molecule has 0 unspecified atom stereocenters. The van der Waals surface area contributed by atoms with Crippen LogP contribution in [0.5, 0.6) is 0 Å². The molecule has 3 N–H and O–H groups in total. The molecule has 2 rings (SSSR count). The zero-order valence-electron chi connectivity index (χ0n) is 14.7. The SMILES string of the molecule is CC(C)C[C@H](NC(=O)CNC(=O)c1cc2cc([N+](=O)[O-])ccc2s1)C(=O)O. The number of amides is 2. The molecule has 1 aromatic heterocycles. The maximum atomic E-state index is 12.2. The summed E-state index contributed by atoms with van der Waals surface area (Å²) in [6.45, 7) is 3.32. The average Bonchev–Trinajstić information content (AvgIpc) is 3.01. The van der Waals surface area contributed by atoms with Crippen molar-refractivity contribution >= 4 is 44.9 Å². The van der Waals surface area contributed by atoms with Gasteiger partial charge in [0, 0.05) is 22.2 Å². The van der Waals surface area contributed by atoms with E-state index < -0.39 is 28.7 Å². The number of benzene rings is 1. The summed E-state index contributed by atoms with van der Waals surface area (Å²) in [5.41, 5.74) is -0.0727. The fraction of sp³-hybridized carbons (Fsp3) is 0.353. The molecule has 1 atom stereocenters. The number of fused-ring (bicyclic) bond motifs is 1. The maximum absolute atomic E-state index is 12.2. The quantitative estimate of drug-likeness (QED) is 0.464. The van der Waals surface area contributed by atoms with Crippen LogP contribution in [0.15, 0.2) is 24.3 Å². The van der Waals surface area contributed by atoms with Crippen molar-refractivity contribution in [2.45, 2.75) is 26.3 Å². The zero-order valence-corrected chi connectivity index (χ0v) is 15.5. The van der Waals surface area contributed by atoms with Crippen molar-refractivity contribution in [3.8, 4) is 0 Å². The van der Waals surface area contributed by atoms with Crippen LogP contribution in [0.1, 0.15) is 29.9 Å². The number of aliphatic carboxylic acids is 1. The fourth-order valence-corrected chi connectivity index (χ4v) is 3.40. The minimum absolute atomic E-state index is 0.0727. The smallest absolute Gasteiger partial charge is 0.326 e. The third-order valence-corrected chi connectivity index (χ3v) is 4.80. The van der Waals surface area contributed by atoms with Gasteiger partial charge in [-0.25, -0.2) is 4.79 Å². The summed E-state index contributed by atoms with van der Waals surface area (Å²) >= 11 is 1.14. The minimum Gasteiger partial charge on any atom is -0.480 e. The number of carboxylic acid groups (broad SMARTS) is 1. The molecule has 0 fully saturated rings. The van der Waals surface area contributed by atoms with E-state index in [0.29, 0.717) is 15.0 Å². The van der Waals surface area contributed by atoms with Gasteiger partial charge in [-0.05, 0) is 24.5 Å². The van der Waals surface area contributed by atoms with Gasteiger partial charge in [0.2, 0.25) is 5.91 Å². The van der Waals surface area contributed by atoms with Crippen LogP contribution in [0.3, 0.4) is 0 Å². The maximum Gasteiger partial charge on any atom is 0.326 e. The molecule has 2 amide bonds. The first-order valence-corrected chi connectivity index (χ1v) is 8.97. The Morgan fingerprint density at radius 1 is 1.26 bits per heavy atom. The van der Waals surface area contributed by atoms with Crippen molar-refractivity contribution in [1.82, 2.24) is 10.6 Å². The van der Waals surface area contributed by atoms with Crippen LogP contribution < -0.4 is 10.6 Å². The zero-order chi connectivity index (χ0) is 20.1. The number of thiophene rings is 1. The molecule has 0 radical (unpaired) electrons. The van der Waals surface area contributed by atoms with Gasteiger partial charge >= 0.3 is 5.97 Å². The van der Waals surface area contributed by atoms with E-state index in [1.54, 1.807) is 6.07 Å². The van der Waals surface area contributed by atoms with Crippen molar-refractivity contribution in [1.29, 1.82) is 0 Å². The van der Waals surface area contributed by atoms with Crippen molar-refractivity contribution in [3.63, 3.8) is 0 Å². The highest BCUT2D eigenvalue weighted by Gasteiger charge is 2.21. The van der Waals surface area contributed by atoms with E-state index >= 15 is 0 Å². The number of carbonyl (C=O) groups is 3. The highest BCUT2D eigenvalue weighted by atomic mass is 32.1. The number of nitrogens with one attached hydrogen (secondary N) is 2. The molecule has 2 aromatic rings. The standard InChI is InChI=1S/C17H19N3O6S/c1-9(2)5-12(17(23)24)19-15(21)8-18-16(22)14-7-10-6-11(20(25)26)3-4-13(10)27-14/h3-4,6-7,9,12H,5,8H2,1-2H3,(H,18,22)(H,19,21)(H,23,24)/t12-/m0/s1. The molecule has 0 aliphatic carbocycles. The first-order valence-electron chi connectivity index (χ1n) is 8.15. The molecule has 0 bridgehead atoms. The van der Waals surface area contributed by atoms with Gasteiger partial charge in [-0.15, -0.1) is 11.3 Å². The molecule has 0 saturated heterocycles. The number of nitro groups is 1. The van der Waals surface area contributed by atoms with Gasteiger partial charge in [-0.3, -0.25) is 19.7 Å². The molecule has 10 heteroatoms. The molecule has 0 aliphatic heterocycles. The Hall–Kier alpha value is -3.01. The summed E-state index contributed by atoms with van der Waals surface area (Å²) in [6, 6.07) is 4.79. The monoisotopic (exact) mass is 393 g/mol. The predicted molar refractivity (Wildman–Crippen MR) is 99.8 cm³/mol. The number of hydrogen-bond acceptors (Lipinski definition) is 6. The van der Waals surface area contributed by atoms with Crippen LogP contribution in [0.2, 0.25) is 0 Å². The van der Waals surface area contributed by atoms with E-state index in [0.717, 1.165) is 11.3 Å². The summed E-state index contributed by atoms with van der Waals surface area (Å²) in [5, 5.41) is 25.3. The number of nitro benzene ring substituents is 1. The number of non-ortho nitro benzene ring substituents is 1. The average molecular weight is 393 g/mol. The molecular weight excluding hydrogens is 374 g/mol. The van der Waals surface area contributed by atoms with E-state index in [9.17, 15) is 24.5 Å². The normalized spacial score (nSPS) is 12.0. The lowest BCUT2D eigenvalue weighted by Gasteiger charge is -2.16. The minimum atomic E-state index is -1.13. The van der Waals surface area contributed by atoms with Gasteiger partial charge in [0.05, 0.1) is 16.3 Å². The molecule has 0 saturated carbocycles. The van der Waals surface area contributed by atoms with Gasteiger partial charge in [0.25, 0.3) is 11.6 Å². The molecule has 0 spiro atoms. The van der Waals surface area contributed by atoms with E-state index in [-0.39, 0.29) is 24.6 Å². The Morgan fingerprint density at radius 3 is 2.56 bits per heavy atom. The molecule has 27 heavy (non-hydrogen) atoms. The van der Waals surface area contributed by atoms with E-state index in [4.69, 9.17) is 5.11 Å². The number of carbonyl (C=O) groups excluding carboxylic acids is 2. The van der Waals surface area contributed by atoms with Crippen molar-refractivity contribution < 1.29 is 24.4 Å². The topological polar surface area (TPSA) is 139 Å². The molecular formula is C17H19N3O6S. The summed E-state index contributed by atoms with van der Waals surface area (Å²) in [7, 11) is 0. The summed E-state index contributed by atoms with van der Waals surface area (Å²) in [6.07, 6.45) is 0.282. The molecule has 0 aliphatic rings. The number of nitrogens with zero attached hydrogens (tertiary/aromatic N) is 1. The van der Waals surface area contributed by atoms with Crippen molar-refractivity contribution in [2.24, 2.45) is 5.92 Å². The van der Waals surface area contributed by atoms with Crippen LogP contribution in [0, 0.1) is 16.0 Å². The first kappa shape index (κ1) is 20.3. The summed E-state index contributed by atoms with van der Waals surface area (Å²) in [4.78, 5) is 45.9. The first-order chi connectivity index (χ1) is 12.7. The fourth-order valence-electron chi connectivity index (χ4n) is 2.44. The van der Waals surface area contributed by atoms with Gasteiger partial charge in [-0.2, -0.15) is 0 Å². The Kier molecular flexibility index (Phi) is 6.45. The second kappa shape index (κ2) is 8.58. The van der Waals surface area contributed by atoms with Crippen LogP contribution in [-0.2, 0) is 9.59 Å². The predicted octanol–water partition coefficient (Wildman–Crippen LogP) is 2.15. The van der Waals surface area contributed by atoms with Gasteiger partial charge in [-0.1, -0.05) is 13.8 Å². The van der Waals surface area contributed by atoms with Crippen molar-refractivity contribution in [3.05, 3.63) is 39.3 Å². The summed E-state index contributed by atoms with van der Waals surface area (Å²) < 4.78 is 0.707.